The van der Waals surface area contributed by atoms with Crippen LogP contribution in [0.15, 0.2) is 0 Å². The highest BCUT2D eigenvalue weighted by molar-refractivity contribution is 7.47. The highest BCUT2D eigenvalue weighted by Gasteiger charge is 2.30. The highest BCUT2D eigenvalue weighted by atomic mass is 31.2. The van der Waals surface area contributed by atoms with Gasteiger partial charge in [-0.3, -0.25) is 37.3 Å². The molecule has 19 heteroatoms. The molecule has 0 aliphatic heterocycles. The van der Waals surface area contributed by atoms with Gasteiger partial charge < -0.3 is 33.8 Å². The van der Waals surface area contributed by atoms with Crippen LogP contribution in [0.5, 0.6) is 0 Å². The molecule has 594 valence electrons. The summed E-state index contributed by atoms with van der Waals surface area (Å²) in [4.78, 5) is 73.1. The van der Waals surface area contributed by atoms with Crippen LogP contribution in [0.25, 0.3) is 0 Å². The zero-order valence-electron chi connectivity index (χ0n) is 65.5. The normalized spacial score (nSPS) is 14.2. The number of aliphatic hydroxyl groups is 1. The lowest BCUT2D eigenvalue weighted by molar-refractivity contribution is -0.161. The zero-order chi connectivity index (χ0) is 73.5. The summed E-state index contributed by atoms with van der Waals surface area (Å²) >= 11 is 0. The van der Waals surface area contributed by atoms with Gasteiger partial charge in [-0.15, -0.1) is 0 Å². The Morgan fingerprint density at radius 1 is 0.290 bits per heavy atom. The minimum Gasteiger partial charge on any atom is -0.462 e. The van der Waals surface area contributed by atoms with Crippen LogP contribution < -0.4 is 0 Å². The van der Waals surface area contributed by atoms with Crippen molar-refractivity contribution < 1.29 is 80.2 Å². The summed E-state index contributed by atoms with van der Waals surface area (Å²) in [6.45, 7) is 9.66. The molecule has 0 aliphatic carbocycles. The number of carbonyl (C=O) groups is 4. The Morgan fingerprint density at radius 2 is 0.510 bits per heavy atom. The van der Waals surface area contributed by atoms with Crippen molar-refractivity contribution in [2.45, 2.75) is 445 Å². The lowest BCUT2D eigenvalue weighted by atomic mass is 9.99. The third kappa shape index (κ3) is 73.0. The third-order valence-corrected chi connectivity index (χ3v) is 21.2. The average molecular weight is 1470 g/mol. The van der Waals surface area contributed by atoms with E-state index in [0.717, 1.165) is 102 Å². The number of hydrogen-bond donors (Lipinski definition) is 3. The molecule has 0 saturated carbocycles. The van der Waals surface area contributed by atoms with Gasteiger partial charge in [0.25, 0.3) is 0 Å². The van der Waals surface area contributed by atoms with E-state index in [-0.39, 0.29) is 25.7 Å². The summed E-state index contributed by atoms with van der Waals surface area (Å²) in [7, 11) is -9.92. The molecule has 3 unspecified atom stereocenters. The molecule has 3 N–H and O–H groups in total. The Hall–Kier alpha value is -1.94. The van der Waals surface area contributed by atoms with Crippen molar-refractivity contribution in [1.29, 1.82) is 0 Å². The largest absolute Gasteiger partial charge is 0.472 e. The van der Waals surface area contributed by atoms with Gasteiger partial charge in [0.15, 0.2) is 12.2 Å². The Bertz CT molecular complexity index is 1930. The maximum Gasteiger partial charge on any atom is 0.472 e. The van der Waals surface area contributed by atoms with Gasteiger partial charge in [-0.25, -0.2) is 9.13 Å². The van der Waals surface area contributed by atoms with Gasteiger partial charge in [-0.1, -0.05) is 375 Å². The summed E-state index contributed by atoms with van der Waals surface area (Å²) in [6, 6.07) is 0. The van der Waals surface area contributed by atoms with Crippen LogP contribution in [0, 0.1) is 11.8 Å². The molecule has 6 atom stereocenters. The first kappa shape index (κ1) is 98.1. The molecule has 0 bridgehead atoms. The second-order valence-electron chi connectivity index (χ2n) is 29.9. The summed E-state index contributed by atoms with van der Waals surface area (Å²) in [5, 5.41) is 10.6. The Morgan fingerprint density at radius 3 is 0.760 bits per heavy atom. The predicted molar refractivity (Wildman–Crippen MR) is 409 cm³/mol. The van der Waals surface area contributed by atoms with Crippen LogP contribution in [0.2, 0.25) is 0 Å². The number of phosphoric acid groups is 2. The summed E-state index contributed by atoms with van der Waals surface area (Å²) in [5.74, 6) is -0.553. The number of ether oxygens (including phenoxy) is 4. The second-order valence-corrected chi connectivity index (χ2v) is 32.8. The van der Waals surface area contributed by atoms with Crippen LogP contribution >= 0.6 is 15.6 Å². The molecule has 100 heavy (non-hydrogen) atoms. The predicted octanol–water partition coefficient (Wildman–Crippen LogP) is 24.3. The molecule has 17 nitrogen and oxygen atoms in total. The molecular weight excluding hydrogens is 1310 g/mol. The quantitative estimate of drug-likeness (QED) is 0.0222. The molecule has 0 amide bonds. The smallest absolute Gasteiger partial charge is 0.462 e. The maximum absolute atomic E-state index is 13.1. The summed E-state index contributed by atoms with van der Waals surface area (Å²) < 4.78 is 68.8. The SMILES string of the molecule is CCCCCCCCCCCCCCCCCCCC(=O)O[C@H](COC(=O)CCCCCCCCCCCCCCCCCC)COP(=O)(O)OC[C@@H](O)COP(=O)(O)OC[C@@H](COC(=O)CCCCCCCCCCC(C)CC)OC(=O)CCCCCCCCCCCCCCC(C)C. The number of phosphoric ester groups is 2. The van der Waals surface area contributed by atoms with Crippen LogP contribution in [0.4, 0.5) is 0 Å². The molecule has 0 spiro atoms. The van der Waals surface area contributed by atoms with E-state index in [1.54, 1.807) is 0 Å². The van der Waals surface area contributed by atoms with E-state index in [1.807, 2.05) is 0 Å². The first-order valence-corrected chi connectivity index (χ1v) is 45.0. The van der Waals surface area contributed by atoms with E-state index >= 15 is 0 Å². The topological polar surface area (TPSA) is 237 Å². The molecule has 0 radical (unpaired) electrons. The lowest BCUT2D eigenvalue weighted by Crippen LogP contribution is -2.30. The number of hydrogen-bond acceptors (Lipinski definition) is 15. The Kier molecular flexibility index (Phi) is 71.2. The van der Waals surface area contributed by atoms with Crippen LogP contribution in [0.1, 0.15) is 427 Å². The van der Waals surface area contributed by atoms with Crippen molar-refractivity contribution in [1.82, 2.24) is 0 Å². The van der Waals surface area contributed by atoms with Crippen molar-refractivity contribution in [3.05, 3.63) is 0 Å². The molecule has 0 aromatic heterocycles. The molecule has 0 saturated heterocycles. The third-order valence-electron chi connectivity index (χ3n) is 19.3. The molecule has 0 aromatic carbocycles. The fourth-order valence-corrected chi connectivity index (χ4v) is 14.1. The molecular formula is C81H158O17P2. The number of aliphatic hydroxyl groups excluding tert-OH is 1. The molecule has 0 rings (SSSR count). The van der Waals surface area contributed by atoms with Crippen molar-refractivity contribution >= 4 is 39.5 Å². The van der Waals surface area contributed by atoms with E-state index in [2.05, 4.69) is 41.5 Å². The van der Waals surface area contributed by atoms with Crippen molar-refractivity contribution in [2.24, 2.45) is 11.8 Å². The summed E-state index contributed by atoms with van der Waals surface area (Å²) in [5.41, 5.74) is 0. The maximum atomic E-state index is 13.1. The van der Waals surface area contributed by atoms with Crippen LogP contribution in [0.3, 0.4) is 0 Å². The molecule has 0 aliphatic rings. The van der Waals surface area contributed by atoms with Gasteiger partial charge in [0, 0.05) is 25.7 Å². The standard InChI is InChI=1S/C81H158O17P2/c1-7-10-12-14-16-18-20-22-24-26-28-30-35-39-47-53-59-65-80(85)97-76(69-91-78(83)63-57-51-45-38-34-29-27-25-23-21-19-17-15-13-11-8-2)71-95-99(87,88)93-67-75(82)68-94-100(89,90)96-72-77(70-92-79(84)64-58-52-46-42-41-44-50-56-62-74(6)9-3)98-81(86)66-60-54-48-40-36-32-31-33-37-43-49-55-61-73(4)5/h73-77,82H,7-72H2,1-6H3,(H,87,88)(H,89,90)/t74?,75-,76-,77-/m1/s1. The average Bonchev–Trinajstić information content (AvgIpc) is 0.949. The number of rotatable bonds is 80. The van der Waals surface area contributed by atoms with Gasteiger partial charge in [-0.05, 0) is 37.5 Å². The van der Waals surface area contributed by atoms with Crippen molar-refractivity contribution in [3.63, 3.8) is 0 Å². The van der Waals surface area contributed by atoms with Gasteiger partial charge in [0.1, 0.15) is 19.3 Å². The van der Waals surface area contributed by atoms with Gasteiger partial charge in [-0.2, -0.15) is 0 Å². The molecule has 0 fully saturated rings. The first-order valence-electron chi connectivity index (χ1n) is 42.0. The van der Waals surface area contributed by atoms with Crippen molar-refractivity contribution in [2.75, 3.05) is 39.6 Å². The minimum absolute atomic E-state index is 0.107. The van der Waals surface area contributed by atoms with E-state index in [1.165, 1.54) is 244 Å². The van der Waals surface area contributed by atoms with E-state index in [9.17, 15) is 43.2 Å². The molecule has 0 aromatic rings. The summed E-state index contributed by atoms with van der Waals surface area (Å²) in [6.07, 6.45) is 62.3. The Labute approximate surface area is 613 Å². The monoisotopic (exact) mass is 1470 g/mol. The minimum atomic E-state index is -4.96. The molecule has 0 heterocycles. The highest BCUT2D eigenvalue weighted by Crippen LogP contribution is 2.45. The van der Waals surface area contributed by atoms with E-state index in [0.29, 0.717) is 25.7 Å². The second kappa shape index (κ2) is 72.6. The Balaban J connectivity index is 5.27. The number of carbonyl (C=O) groups excluding carboxylic acids is 4. The van der Waals surface area contributed by atoms with E-state index < -0.39 is 97.5 Å². The van der Waals surface area contributed by atoms with Crippen LogP contribution in [-0.2, 0) is 65.4 Å². The lowest BCUT2D eigenvalue weighted by Gasteiger charge is -2.21. The van der Waals surface area contributed by atoms with Gasteiger partial charge in [0.05, 0.1) is 26.4 Å². The first-order chi connectivity index (χ1) is 48.4. The fourth-order valence-electron chi connectivity index (χ4n) is 12.5. The fraction of sp³-hybridized carbons (Fsp3) is 0.951. The number of esters is 4. The zero-order valence-corrected chi connectivity index (χ0v) is 67.3. The van der Waals surface area contributed by atoms with Gasteiger partial charge >= 0.3 is 39.5 Å². The van der Waals surface area contributed by atoms with Crippen molar-refractivity contribution in [3.8, 4) is 0 Å². The van der Waals surface area contributed by atoms with E-state index in [4.69, 9.17) is 37.0 Å². The number of unbranched alkanes of at least 4 members (excludes halogenated alkanes) is 49. The van der Waals surface area contributed by atoms with Crippen LogP contribution in [-0.4, -0.2) is 96.7 Å². The van der Waals surface area contributed by atoms with Gasteiger partial charge in [0.2, 0.25) is 0 Å².